The van der Waals surface area contributed by atoms with Crippen molar-refractivity contribution >= 4 is 17.4 Å². The van der Waals surface area contributed by atoms with Crippen LogP contribution in [0.5, 0.6) is 0 Å². The molecule has 0 aliphatic heterocycles. The van der Waals surface area contributed by atoms with Crippen LogP contribution in [0.4, 0.5) is 16.2 Å². The van der Waals surface area contributed by atoms with E-state index in [0.29, 0.717) is 11.4 Å². The molecule has 2 aromatic heterocycles. The maximum atomic E-state index is 11.5. The number of pyridine rings is 2. The zero-order valence-corrected chi connectivity index (χ0v) is 9.82. The molecule has 8 nitrogen and oxygen atoms in total. The third-order valence-electron chi connectivity index (χ3n) is 1.84. The molecule has 19 heavy (non-hydrogen) atoms. The zero-order valence-electron chi connectivity index (χ0n) is 9.82. The number of hydrogen-bond acceptors (Lipinski definition) is 5. The number of nitrogens with zero attached hydrogens (tertiary/aromatic N) is 2. The number of urea groups is 1. The van der Waals surface area contributed by atoms with E-state index in [1.54, 1.807) is 49.1 Å². The molecule has 6 N–H and O–H groups in total. The number of carbonyl (C=O) groups is 1. The Hall–Kier alpha value is -2.55. The van der Waals surface area contributed by atoms with E-state index in [0.717, 1.165) is 0 Å². The Balaban J connectivity index is 0.00000103. The van der Waals surface area contributed by atoms with Gasteiger partial charge in [-0.25, -0.2) is 4.79 Å². The molecule has 102 valence electrons. The lowest BCUT2D eigenvalue weighted by Gasteiger charge is -2.06. The quantitative estimate of drug-likeness (QED) is 0.479. The highest BCUT2D eigenvalue weighted by molar-refractivity contribution is 5.99. The van der Waals surface area contributed by atoms with Crippen molar-refractivity contribution in [2.24, 2.45) is 0 Å². The fourth-order valence-corrected chi connectivity index (χ4v) is 1.17. The minimum absolute atomic E-state index is 0. The zero-order chi connectivity index (χ0) is 13.2. The SMILES string of the molecule is O.O=C(Nc1cccnc1)Nc1cccnc1.OO. The maximum absolute atomic E-state index is 11.5. The van der Waals surface area contributed by atoms with Crippen molar-refractivity contribution in [2.45, 2.75) is 0 Å². The Morgan fingerprint density at radius 1 is 0.947 bits per heavy atom. The van der Waals surface area contributed by atoms with Gasteiger partial charge in [-0.1, -0.05) is 0 Å². The van der Waals surface area contributed by atoms with Crippen molar-refractivity contribution in [2.75, 3.05) is 10.6 Å². The smallest absolute Gasteiger partial charge is 0.323 e. The number of amides is 2. The first kappa shape index (κ1) is 16.4. The van der Waals surface area contributed by atoms with Crippen LogP contribution in [-0.4, -0.2) is 32.0 Å². The molecule has 2 aromatic rings. The number of nitrogens with one attached hydrogen (secondary N) is 2. The van der Waals surface area contributed by atoms with E-state index < -0.39 is 0 Å². The van der Waals surface area contributed by atoms with Gasteiger partial charge in [-0.3, -0.25) is 20.5 Å². The number of rotatable bonds is 2. The lowest BCUT2D eigenvalue weighted by molar-refractivity contribution is -0.176. The van der Waals surface area contributed by atoms with E-state index in [9.17, 15) is 4.79 Å². The summed E-state index contributed by atoms with van der Waals surface area (Å²) >= 11 is 0. The summed E-state index contributed by atoms with van der Waals surface area (Å²) in [6, 6.07) is 6.70. The van der Waals surface area contributed by atoms with E-state index in [-0.39, 0.29) is 11.5 Å². The number of anilines is 2. The van der Waals surface area contributed by atoms with Crippen LogP contribution in [0.2, 0.25) is 0 Å². The Kier molecular flexibility index (Phi) is 8.21. The van der Waals surface area contributed by atoms with E-state index in [1.807, 2.05) is 0 Å². The second-order valence-corrected chi connectivity index (χ2v) is 3.06. The Bertz CT molecular complexity index is 423. The van der Waals surface area contributed by atoms with Crippen LogP contribution >= 0.6 is 0 Å². The Morgan fingerprint density at radius 2 is 1.37 bits per heavy atom. The van der Waals surface area contributed by atoms with Crippen LogP contribution < -0.4 is 10.6 Å². The summed E-state index contributed by atoms with van der Waals surface area (Å²) in [5.74, 6) is 0. The average molecular weight is 266 g/mol. The number of aromatic nitrogens is 2. The van der Waals surface area contributed by atoms with Crippen LogP contribution in [0.15, 0.2) is 49.1 Å². The van der Waals surface area contributed by atoms with E-state index in [4.69, 9.17) is 10.5 Å². The molecule has 0 fully saturated rings. The van der Waals surface area contributed by atoms with Gasteiger partial charge in [-0.15, -0.1) is 0 Å². The first-order valence-electron chi connectivity index (χ1n) is 4.92. The minimum atomic E-state index is -0.319. The largest absolute Gasteiger partial charge is 0.412 e. The van der Waals surface area contributed by atoms with E-state index in [1.165, 1.54) is 0 Å². The van der Waals surface area contributed by atoms with Gasteiger partial charge in [0.05, 0.1) is 23.8 Å². The van der Waals surface area contributed by atoms with Crippen molar-refractivity contribution in [1.29, 1.82) is 0 Å². The molecule has 0 radical (unpaired) electrons. The molecule has 0 unspecified atom stereocenters. The average Bonchev–Trinajstić information content (AvgIpc) is 2.43. The second kappa shape index (κ2) is 9.48. The third kappa shape index (κ3) is 6.07. The minimum Gasteiger partial charge on any atom is -0.412 e. The van der Waals surface area contributed by atoms with Gasteiger partial charge in [0.1, 0.15) is 0 Å². The second-order valence-electron chi connectivity index (χ2n) is 3.06. The first-order chi connectivity index (χ1) is 8.84. The molecule has 0 bridgehead atoms. The Morgan fingerprint density at radius 3 is 1.68 bits per heavy atom. The summed E-state index contributed by atoms with van der Waals surface area (Å²) in [6.45, 7) is 0. The molecule has 0 saturated heterocycles. The topological polar surface area (TPSA) is 139 Å². The fourth-order valence-electron chi connectivity index (χ4n) is 1.17. The highest BCUT2D eigenvalue weighted by atomic mass is 17.0. The Labute approximate surface area is 109 Å². The molecule has 2 heterocycles. The van der Waals surface area contributed by atoms with Crippen LogP contribution in [0.3, 0.4) is 0 Å². The summed E-state index contributed by atoms with van der Waals surface area (Å²) in [5.41, 5.74) is 1.28. The molecule has 8 heteroatoms. The standard InChI is InChI=1S/C11H10N4O.H2O2.H2O/c16-11(14-9-3-1-5-12-7-9)15-10-4-2-6-13-8-10;1-2;/h1-8H,(H2,14,15,16);1-2H;1H2. The molecule has 2 amide bonds. The van der Waals surface area contributed by atoms with Crippen molar-refractivity contribution in [3.8, 4) is 0 Å². The van der Waals surface area contributed by atoms with Gasteiger partial charge in [0.15, 0.2) is 0 Å². The van der Waals surface area contributed by atoms with Gasteiger partial charge in [0.2, 0.25) is 0 Å². The molecule has 0 atom stereocenters. The summed E-state index contributed by atoms with van der Waals surface area (Å²) in [5, 5.41) is 17.3. The summed E-state index contributed by atoms with van der Waals surface area (Å²) in [7, 11) is 0. The molecule has 0 saturated carbocycles. The summed E-state index contributed by atoms with van der Waals surface area (Å²) < 4.78 is 0. The van der Waals surface area contributed by atoms with Crippen LogP contribution in [0, 0.1) is 0 Å². The van der Waals surface area contributed by atoms with Gasteiger partial charge < -0.3 is 16.1 Å². The van der Waals surface area contributed by atoms with Gasteiger partial charge in [0.25, 0.3) is 0 Å². The molecule has 2 rings (SSSR count). The normalized spacial score (nSPS) is 8.32. The van der Waals surface area contributed by atoms with Gasteiger partial charge in [0, 0.05) is 12.4 Å². The van der Waals surface area contributed by atoms with Crippen molar-refractivity contribution < 1.29 is 20.8 Å². The van der Waals surface area contributed by atoms with E-state index >= 15 is 0 Å². The fraction of sp³-hybridized carbons (Fsp3) is 0. The van der Waals surface area contributed by atoms with Gasteiger partial charge in [-0.05, 0) is 24.3 Å². The third-order valence-corrected chi connectivity index (χ3v) is 1.84. The lowest BCUT2D eigenvalue weighted by atomic mass is 10.4. The van der Waals surface area contributed by atoms with Crippen LogP contribution in [0.25, 0.3) is 0 Å². The summed E-state index contributed by atoms with van der Waals surface area (Å²) in [6.07, 6.45) is 6.43. The number of carbonyl (C=O) groups excluding carboxylic acids is 1. The molecule has 0 aromatic carbocycles. The molecular formula is C11H14N4O4. The molecular weight excluding hydrogens is 252 g/mol. The molecule has 0 spiro atoms. The predicted octanol–water partition coefficient (Wildman–Crippen LogP) is 1.31. The highest BCUT2D eigenvalue weighted by Gasteiger charge is 2.01. The van der Waals surface area contributed by atoms with Crippen molar-refractivity contribution in [3.05, 3.63) is 49.1 Å². The summed E-state index contributed by atoms with van der Waals surface area (Å²) in [4.78, 5) is 19.3. The first-order valence-corrected chi connectivity index (χ1v) is 4.92. The van der Waals surface area contributed by atoms with Crippen molar-refractivity contribution in [1.82, 2.24) is 9.97 Å². The highest BCUT2D eigenvalue weighted by Crippen LogP contribution is 2.06. The van der Waals surface area contributed by atoms with Crippen LogP contribution in [-0.2, 0) is 0 Å². The monoisotopic (exact) mass is 266 g/mol. The van der Waals surface area contributed by atoms with E-state index in [2.05, 4.69) is 20.6 Å². The van der Waals surface area contributed by atoms with Gasteiger partial charge >= 0.3 is 6.03 Å². The predicted molar refractivity (Wildman–Crippen MR) is 70.0 cm³/mol. The number of hydrogen-bond donors (Lipinski definition) is 4. The van der Waals surface area contributed by atoms with Crippen LogP contribution in [0.1, 0.15) is 0 Å². The lowest BCUT2D eigenvalue weighted by Crippen LogP contribution is -2.19. The van der Waals surface area contributed by atoms with Gasteiger partial charge in [-0.2, -0.15) is 0 Å². The molecule has 0 aliphatic carbocycles. The van der Waals surface area contributed by atoms with Crippen molar-refractivity contribution in [3.63, 3.8) is 0 Å². The maximum Gasteiger partial charge on any atom is 0.323 e. The molecule has 0 aliphatic rings.